The van der Waals surface area contributed by atoms with Crippen molar-refractivity contribution in [2.24, 2.45) is 0 Å². The first kappa shape index (κ1) is 16.9. The fourth-order valence-electron chi connectivity index (χ4n) is 1.41. The van der Waals surface area contributed by atoms with Crippen LogP contribution in [-0.2, 0) is 9.53 Å². The zero-order valence-corrected chi connectivity index (χ0v) is 14.0. The van der Waals surface area contributed by atoms with E-state index in [1.54, 1.807) is 13.0 Å². The van der Waals surface area contributed by atoms with E-state index in [1.807, 2.05) is 0 Å². The third-order valence-electron chi connectivity index (χ3n) is 2.25. The van der Waals surface area contributed by atoms with Gasteiger partial charge in [0, 0.05) is 6.92 Å². The van der Waals surface area contributed by atoms with Crippen molar-refractivity contribution in [1.29, 1.82) is 0 Å². The van der Waals surface area contributed by atoms with Crippen LogP contribution >= 0.6 is 0 Å². The van der Waals surface area contributed by atoms with E-state index in [0.29, 0.717) is 11.4 Å². The van der Waals surface area contributed by atoms with E-state index in [9.17, 15) is 9.59 Å². The number of esters is 1. The standard InChI is InChI=1S/C15H20N2O3Si/c1-6-20-15(19)14-8-7-12(16-11(2)18)13(17-14)9-10-21(3,4)5/h7-8H,6H2,1-5H3,(H,16,18). The molecular formula is C15H20N2O3Si. The average Bonchev–Trinajstić information content (AvgIpc) is 2.36. The van der Waals surface area contributed by atoms with Crippen LogP contribution < -0.4 is 5.32 Å². The van der Waals surface area contributed by atoms with E-state index in [1.165, 1.54) is 13.0 Å². The molecule has 0 aliphatic rings. The molecule has 0 aliphatic carbocycles. The summed E-state index contributed by atoms with van der Waals surface area (Å²) in [7, 11) is -1.59. The van der Waals surface area contributed by atoms with Gasteiger partial charge in [0.25, 0.3) is 0 Å². The number of pyridine rings is 1. The van der Waals surface area contributed by atoms with E-state index >= 15 is 0 Å². The predicted octanol–water partition coefficient (Wildman–Crippen LogP) is 2.45. The van der Waals surface area contributed by atoms with Gasteiger partial charge in [0.05, 0.1) is 12.3 Å². The van der Waals surface area contributed by atoms with Crippen molar-refractivity contribution in [3.8, 4) is 11.5 Å². The minimum atomic E-state index is -1.59. The Balaban J connectivity index is 3.24. The van der Waals surface area contributed by atoms with Gasteiger partial charge < -0.3 is 10.1 Å². The van der Waals surface area contributed by atoms with Crippen LogP contribution in [-0.4, -0.2) is 31.5 Å². The number of amides is 1. The monoisotopic (exact) mass is 304 g/mol. The molecule has 1 heterocycles. The summed E-state index contributed by atoms with van der Waals surface area (Å²) in [5.74, 6) is 2.27. The molecule has 1 aromatic rings. The minimum absolute atomic E-state index is 0.186. The zero-order chi connectivity index (χ0) is 16.0. The number of aromatic nitrogens is 1. The van der Waals surface area contributed by atoms with E-state index in [0.717, 1.165) is 0 Å². The highest BCUT2D eigenvalue weighted by atomic mass is 28.3. The molecule has 112 valence electrons. The number of hydrogen-bond acceptors (Lipinski definition) is 4. The Bertz CT molecular complexity index is 610. The first-order valence-electron chi connectivity index (χ1n) is 6.72. The number of carbonyl (C=O) groups is 2. The van der Waals surface area contributed by atoms with Crippen molar-refractivity contribution in [2.45, 2.75) is 33.5 Å². The topological polar surface area (TPSA) is 68.3 Å². The summed E-state index contributed by atoms with van der Waals surface area (Å²) in [5, 5.41) is 2.67. The zero-order valence-electron chi connectivity index (χ0n) is 13.0. The van der Waals surface area contributed by atoms with Crippen molar-refractivity contribution < 1.29 is 14.3 Å². The Hall–Kier alpha value is -2.13. The molecule has 1 amide bonds. The van der Waals surface area contributed by atoms with E-state index in [4.69, 9.17) is 4.74 Å². The summed E-state index contributed by atoms with van der Waals surface area (Å²) >= 11 is 0. The molecule has 0 atom stereocenters. The highest BCUT2D eigenvalue weighted by Crippen LogP contribution is 2.14. The minimum Gasteiger partial charge on any atom is -0.461 e. The van der Waals surface area contributed by atoms with Crippen molar-refractivity contribution in [1.82, 2.24) is 4.98 Å². The molecule has 0 bridgehead atoms. The first-order chi connectivity index (χ1) is 9.73. The number of hydrogen-bond donors (Lipinski definition) is 1. The Morgan fingerprint density at radius 3 is 2.52 bits per heavy atom. The van der Waals surface area contributed by atoms with Crippen LogP contribution in [0.3, 0.4) is 0 Å². The molecule has 21 heavy (non-hydrogen) atoms. The number of nitrogens with one attached hydrogen (secondary N) is 1. The van der Waals surface area contributed by atoms with Gasteiger partial charge in [0.2, 0.25) is 5.91 Å². The quantitative estimate of drug-likeness (QED) is 0.529. The summed E-state index contributed by atoms with van der Waals surface area (Å²) in [4.78, 5) is 27.1. The van der Waals surface area contributed by atoms with E-state index in [-0.39, 0.29) is 18.2 Å². The van der Waals surface area contributed by atoms with Gasteiger partial charge in [-0.05, 0) is 19.1 Å². The largest absolute Gasteiger partial charge is 0.461 e. The number of carbonyl (C=O) groups excluding carboxylic acids is 2. The first-order valence-corrected chi connectivity index (χ1v) is 10.2. The molecular weight excluding hydrogens is 284 g/mol. The molecule has 0 unspecified atom stereocenters. The molecule has 1 aromatic heterocycles. The average molecular weight is 304 g/mol. The fraction of sp³-hybridized carbons (Fsp3) is 0.400. The van der Waals surface area contributed by atoms with Gasteiger partial charge in [-0.2, -0.15) is 0 Å². The lowest BCUT2D eigenvalue weighted by Crippen LogP contribution is -2.17. The maximum absolute atomic E-state index is 11.7. The smallest absolute Gasteiger partial charge is 0.356 e. The molecule has 0 aromatic carbocycles. The van der Waals surface area contributed by atoms with Gasteiger partial charge in [-0.25, -0.2) is 9.78 Å². The lowest BCUT2D eigenvalue weighted by Gasteiger charge is -2.08. The number of anilines is 1. The van der Waals surface area contributed by atoms with E-state index in [2.05, 4.69) is 41.4 Å². The van der Waals surface area contributed by atoms with Gasteiger partial charge >= 0.3 is 5.97 Å². The second-order valence-corrected chi connectivity index (χ2v) is 10.2. The van der Waals surface area contributed by atoms with Crippen LogP contribution in [0.2, 0.25) is 19.6 Å². The van der Waals surface area contributed by atoms with Crippen LogP contribution in [0, 0.1) is 11.5 Å². The maximum Gasteiger partial charge on any atom is 0.356 e. The van der Waals surface area contributed by atoms with Crippen molar-refractivity contribution in [2.75, 3.05) is 11.9 Å². The fourth-order valence-corrected chi connectivity index (χ4v) is 1.90. The summed E-state index contributed by atoms with van der Waals surface area (Å²) in [6.45, 7) is 9.74. The Morgan fingerprint density at radius 1 is 1.33 bits per heavy atom. The van der Waals surface area contributed by atoms with E-state index < -0.39 is 14.0 Å². The van der Waals surface area contributed by atoms with Crippen LogP contribution in [0.5, 0.6) is 0 Å². The van der Waals surface area contributed by atoms with Crippen LogP contribution in [0.15, 0.2) is 12.1 Å². The SMILES string of the molecule is CCOC(=O)c1ccc(NC(C)=O)c(C#C[Si](C)(C)C)n1. The third-order valence-corrected chi connectivity index (χ3v) is 3.12. The van der Waals surface area contributed by atoms with Crippen molar-refractivity contribution >= 4 is 25.6 Å². The molecule has 0 radical (unpaired) electrons. The van der Waals surface area contributed by atoms with Crippen molar-refractivity contribution in [3.05, 3.63) is 23.5 Å². The summed E-state index contributed by atoms with van der Waals surface area (Å²) in [6.07, 6.45) is 0. The van der Waals surface area contributed by atoms with Crippen LogP contribution in [0.25, 0.3) is 0 Å². The summed E-state index contributed by atoms with van der Waals surface area (Å²) in [5.41, 5.74) is 4.25. The molecule has 6 heteroatoms. The number of ether oxygens (including phenoxy) is 1. The third kappa shape index (κ3) is 5.79. The number of nitrogens with zero attached hydrogens (tertiary/aromatic N) is 1. The Kier molecular flexibility index (Phi) is 5.67. The summed E-state index contributed by atoms with van der Waals surface area (Å²) < 4.78 is 4.92. The highest BCUT2D eigenvalue weighted by molar-refractivity contribution is 6.83. The van der Waals surface area contributed by atoms with Gasteiger partial charge in [-0.1, -0.05) is 25.6 Å². The van der Waals surface area contributed by atoms with Gasteiger partial charge in [0.1, 0.15) is 19.5 Å². The molecule has 1 rings (SSSR count). The number of rotatable bonds is 3. The summed E-state index contributed by atoms with van der Waals surface area (Å²) in [6, 6.07) is 3.14. The molecule has 0 aliphatic heterocycles. The lowest BCUT2D eigenvalue weighted by molar-refractivity contribution is -0.114. The second kappa shape index (κ2) is 7.04. The maximum atomic E-state index is 11.7. The molecule has 0 fully saturated rings. The highest BCUT2D eigenvalue weighted by Gasteiger charge is 2.13. The normalized spacial score (nSPS) is 10.3. The van der Waals surface area contributed by atoms with Crippen LogP contribution in [0.1, 0.15) is 30.0 Å². The van der Waals surface area contributed by atoms with Crippen molar-refractivity contribution in [3.63, 3.8) is 0 Å². The molecule has 0 saturated heterocycles. The second-order valence-electron chi connectivity index (χ2n) is 5.49. The van der Waals surface area contributed by atoms with Gasteiger partial charge in [0.15, 0.2) is 0 Å². The van der Waals surface area contributed by atoms with Gasteiger partial charge in [-0.3, -0.25) is 4.79 Å². The Labute approximate surface area is 126 Å². The predicted molar refractivity (Wildman–Crippen MR) is 84.7 cm³/mol. The molecule has 0 spiro atoms. The Morgan fingerprint density at radius 2 is 2.00 bits per heavy atom. The van der Waals surface area contributed by atoms with Crippen LogP contribution in [0.4, 0.5) is 5.69 Å². The molecule has 0 saturated carbocycles. The molecule has 1 N–H and O–H groups in total. The van der Waals surface area contributed by atoms with Gasteiger partial charge in [-0.15, -0.1) is 5.54 Å². The molecule has 5 nitrogen and oxygen atoms in total. The lowest BCUT2D eigenvalue weighted by atomic mass is 10.2.